The lowest BCUT2D eigenvalue weighted by Crippen LogP contribution is -2.37. The number of carbonyl (C=O) groups excluding carboxylic acids is 2. The van der Waals surface area contributed by atoms with Gasteiger partial charge in [0.05, 0.1) is 24.2 Å². The molecule has 2 amide bonds. The number of nitrogens with zero attached hydrogens (tertiary/aromatic N) is 2. The van der Waals surface area contributed by atoms with Crippen LogP contribution in [0.4, 0.5) is 5.69 Å². The first-order chi connectivity index (χ1) is 13.9. The van der Waals surface area contributed by atoms with Crippen LogP contribution in [0.15, 0.2) is 48.5 Å². The Labute approximate surface area is 180 Å². The van der Waals surface area contributed by atoms with Gasteiger partial charge in [0.2, 0.25) is 5.91 Å². The third-order valence-electron chi connectivity index (χ3n) is 4.76. The van der Waals surface area contributed by atoms with Crippen LogP contribution in [0.3, 0.4) is 0 Å². The zero-order chi connectivity index (χ0) is 21.0. The Kier molecular flexibility index (Phi) is 6.71. The number of thiocarbonyl (C=S) groups is 1. The third kappa shape index (κ3) is 4.68. The van der Waals surface area contributed by atoms with Crippen LogP contribution >= 0.6 is 23.8 Å². The van der Waals surface area contributed by atoms with Gasteiger partial charge in [-0.1, -0.05) is 35.9 Å². The standard InChI is InChI=1S/C21H22ClN3O3S/c1-3-24-20(27)18(12-19(26)23-17-7-5-4-6-16(17)22)25(21(24)29)13-14-8-10-15(28-2)11-9-14/h4-11,18H,3,12-13H2,1-2H3,(H,23,26). The van der Waals surface area contributed by atoms with Gasteiger partial charge in [0.15, 0.2) is 5.11 Å². The number of amides is 2. The van der Waals surface area contributed by atoms with E-state index >= 15 is 0 Å². The van der Waals surface area contributed by atoms with E-state index in [4.69, 9.17) is 28.6 Å². The van der Waals surface area contributed by atoms with Crippen LogP contribution < -0.4 is 10.1 Å². The number of likely N-dealkylation sites (N-methyl/N-ethyl adjacent to an activating group) is 1. The summed E-state index contributed by atoms with van der Waals surface area (Å²) in [6.07, 6.45) is -0.0170. The highest BCUT2D eigenvalue weighted by molar-refractivity contribution is 7.80. The van der Waals surface area contributed by atoms with Gasteiger partial charge in [0, 0.05) is 13.1 Å². The van der Waals surface area contributed by atoms with Crippen LogP contribution in [0, 0.1) is 0 Å². The minimum absolute atomic E-state index is 0.0170. The summed E-state index contributed by atoms with van der Waals surface area (Å²) in [7, 11) is 1.61. The van der Waals surface area contributed by atoms with Crippen molar-refractivity contribution >= 4 is 46.4 Å². The summed E-state index contributed by atoms with van der Waals surface area (Å²) < 4.78 is 5.19. The van der Waals surface area contributed by atoms with Gasteiger partial charge in [-0.15, -0.1) is 0 Å². The van der Waals surface area contributed by atoms with E-state index in [1.165, 1.54) is 4.90 Å². The number of benzene rings is 2. The van der Waals surface area contributed by atoms with Crippen LogP contribution in [-0.4, -0.2) is 46.4 Å². The highest BCUT2D eigenvalue weighted by atomic mass is 35.5. The van der Waals surface area contributed by atoms with E-state index in [2.05, 4.69) is 5.32 Å². The fourth-order valence-electron chi connectivity index (χ4n) is 3.23. The van der Waals surface area contributed by atoms with E-state index in [1.807, 2.05) is 31.2 Å². The quantitative estimate of drug-likeness (QED) is 0.677. The van der Waals surface area contributed by atoms with Crippen molar-refractivity contribution in [2.24, 2.45) is 0 Å². The van der Waals surface area contributed by atoms with Gasteiger partial charge in [-0.2, -0.15) is 0 Å². The van der Waals surface area contributed by atoms with Gasteiger partial charge in [0.1, 0.15) is 11.8 Å². The summed E-state index contributed by atoms with van der Waals surface area (Å²) in [5, 5.41) is 3.65. The molecule has 6 nitrogen and oxygen atoms in total. The number of nitrogens with one attached hydrogen (secondary N) is 1. The predicted octanol–water partition coefficient (Wildman–Crippen LogP) is 3.70. The first-order valence-electron chi connectivity index (χ1n) is 9.24. The van der Waals surface area contributed by atoms with Gasteiger partial charge >= 0.3 is 0 Å². The molecule has 1 saturated heterocycles. The number of anilines is 1. The normalized spacial score (nSPS) is 16.3. The molecule has 1 heterocycles. The summed E-state index contributed by atoms with van der Waals surface area (Å²) in [6, 6.07) is 13.9. The molecule has 0 bridgehead atoms. The highest BCUT2D eigenvalue weighted by Crippen LogP contribution is 2.26. The molecule has 3 rings (SSSR count). The zero-order valence-corrected chi connectivity index (χ0v) is 17.8. The second-order valence-corrected chi connectivity index (χ2v) is 7.36. The number of halogens is 1. The molecule has 1 unspecified atom stereocenters. The molecule has 0 aliphatic carbocycles. The Morgan fingerprint density at radius 1 is 1.21 bits per heavy atom. The number of hydrogen-bond donors (Lipinski definition) is 1. The molecular weight excluding hydrogens is 410 g/mol. The number of carbonyl (C=O) groups is 2. The maximum absolute atomic E-state index is 12.9. The van der Waals surface area contributed by atoms with E-state index in [0.717, 1.165) is 11.3 Å². The molecule has 1 aliphatic heterocycles. The van der Waals surface area contributed by atoms with E-state index in [9.17, 15) is 9.59 Å². The number of para-hydroxylation sites is 1. The lowest BCUT2D eigenvalue weighted by atomic mass is 10.1. The molecule has 1 fully saturated rings. The van der Waals surface area contributed by atoms with Crippen LogP contribution in [0.5, 0.6) is 5.75 Å². The second-order valence-electron chi connectivity index (χ2n) is 6.59. The molecule has 0 radical (unpaired) electrons. The maximum atomic E-state index is 12.9. The first-order valence-corrected chi connectivity index (χ1v) is 10.0. The van der Waals surface area contributed by atoms with Gasteiger partial charge in [-0.3, -0.25) is 14.5 Å². The van der Waals surface area contributed by atoms with Crippen LogP contribution in [0.1, 0.15) is 18.9 Å². The van der Waals surface area contributed by atoms with Crippen molar-refractivity contribution in [2.45, 2.75) is 25.9 Å². The van der Waals surface area contributed by atoms with E-state index < -0.39 is 6.04 Å². The van der Waals surface area contributed by atoms with Gasteiger partial charge < -0.3 is 15.0 Å². The number of methoxy groups -OCH3 is 1. The van der Waals surface area contributed by atoms with Crippen molar-refractivity contribution in [3.8, 4) is 5.75 Å². The Bertz CT molecular complexity index is 920. The first kappa shape index (κ1) is 21.1. The van der Waals surface area contributed by atoms with E-state index in [-0.39, 0.29) is 18.2 Å². The number of hydrogen-bond acceptors (Lipinski definition) is 4. The van der Waals surface area contributed by atoms with Crippen molar-refractivity contribution in [3.63, 3.8) is 0 Å². The Hall–Kier alpha value is -2.64. The molecule has 0 aromatic heterocycles. The minimum atomic E-state index is -0.660. The largest absolute Gasteiger partial charge is 0.497 e. The fraction of sp³-hybridized carbons (Fsp3) is 0.286. The van der Waals surface area contributed by atoms with Crippen molar-refractivity contribution in [3.05, 3.63) is 59.1 Å². The van der Waals surface area contributed by atoms with Gasteiger partial charge in [-0.25, -0.2) is 0 Å². The summed E-state index contributed by atoms with van der Waals surface area (Å²) in [5.74, 6) is 0.289. The zero-order valence-electron chi connectivity index (χ0n) is 16.2. The van der Waals surface area contributed by atoms with E-state index in [1.54, 1.807) is 36.3 Å². The maximum Gasteiger partial charge on any atom is 0.252 e. The minimum Gasteiger partial charge on any atom is -0.497 e. The summed E-state index contributed by atoms with van der Waals surface area (Å²) in [4.78, 5) is 28.8. The van der Waals surface area contributed by atoms with Crippen molar-refractivity contribution in [2.75, 3.05) is 19.0 Å². The molecular formula is C21H22ClN3O3S. The average Bonchev–Trinajstić information content (AvgIpc) is 2.93. The fourth-order valence-corrected chi connectivity index (χ4v) is 3.82. The topological polar surface area (TPSA) is 61.9 Å². The lowest BCUT2D eigenvalue weighted by molar-refractivity contribution is -0.130. The van der Waals surface area contributed by atoms with Crippen molar-refractivity contribution in [1.29, 1.82) is 0 Å². The smallest absolute Gasteiger partial charge is 0.252 e. The monoisotopic (exact) mass is 431 g/mol. The molecule has 2 aromatic carbocycles. The predicted molar refractivity (Wildman–Crippen MR) is 117 cm³/mol. The molecule has 8 heteroatoms. The molecule has 29 heavy (non-hydrogen) atoms. The van der Waals surface area contributed by atoms with Crippen LogP contribution in [-0.2, 0) is 16.1 Å². The highest BCUT2D eigenvalue weighted by Gasteiger charge is 2.42. The molecule has 0 saturated carbocycles. The third-order valence-corrected chi connectivity index (χ3v) is 5.54. The SMILES string of the molecule is CCN1C(=O)C(CC(=O)Nc2ccccc2Cl)N(Cc2ccc(OC)cc2)C1=S. The molecule has 1 N–H and O–H groups in total. The average molecular weight is 432 g/mol. The molecule has 2 aromatic rings. The van der Waals surface area contributed by atoms with Gasteiger partial charge in [-0.05, 0) is 49.0 Å². The Balaban J connectivity index is 1.77. The van der Waals surface area contributed by atoms with Crippen molar-refractivity contribution in [1.82, 2.24) is 9.80 Å². The van der Waals surface area contributed by atoms with E-state index in [0.29, 0.717) is 28.9 Å². The van der Waals surface area contributed by atoms with Crippen LogP contribution in [0.25, 0.3) is 0 Å². The summed E-state index contributed by atoms with van der Waals surface area (Å²) in [6.45, 7) is 2.75. The molecule has 1 aliphatic rings. The number of ether oxygens (including phenoxy) is 1. The summed E-state index contributed by atoms with van der Waals surface area (Å²) in [5.41, 5.74) is 1.48. The van der Waals surface area contributed by atoms with Crippen LogP contribution in [0.2, 0.25) is 5.02 Å². The van der Waals surface area contributed by atoms with Gasteiger partial charge in [0.25, 0.3) is 5.91 Å². The molecule has 1 atom stereocenters. The second kappa shape index (κ2) is 9.24. The Morgan fingerprint density at radius 3 is 2.52 bits per heavy atom. The molecule has 0 spiro atoms. The number of rotatable bonds is 7. The summed E-state index contributed by atoms with van der Waals surface area (Å²) >= 11 is 11.6. The Morgan fingerprint density at radius 2 is 1.90 bits per heavy atom. The molecule has 152 valence electrons. The lowest BCUT2D eigenvalue weighted by Gasteiger charge is -2.24. The van der Waals surface area contributed by atoms with Crippen molar-refractivity contribution < 1.29 is 14.3 Å².